The van der Waals surface area contributed by atoms with Crippen molar-refractivity contribution in [1.82, 2.24) is 10.2 Å². The lowest BCUT2D eigenvalue weighted by atomic mass is 9.88. The minimum absolute atomic E-state index is 0. The van der Waals surface area contributed by atoms with Crippen molar-refractivity contribution < 1.29 is 8.42 Å². The number of hydrogen-bond donors (Lipinski definition) is 1. The first-order valence-corrected chi connectivity index (χ1v) is 11.1. The van der Waals surface area contributed by atoms with E-state index < -0.39 is 14.6 Å². The van der Waals surface area contributed by atoms with Crippen molar-refractivity contribution >= 4 is 39.8 Å². The summed E-state index contributed by atoms with van der Waals surface area (Å²) in [7, 11) is -3.05. The first-order valence-electron chi connectivity index (χ1n) is 9.48. The maximum atomic E-state index is 12.3. The Bertz CT molecular complexity index is 718. The lowest BCUT2D eigenvalue weighted by Crippen LogP contribution is -2.57. The molecule has 0 spiro atoms. The molecule has 7 heteroatoms. The molecular formula is C20H34IN3O2S. The topological polar surface area (TPSA) is 61.8 Å². The van der Waals surface area contributed by atoms with Crippen LogP contribution in [0.5, 0.6) is 0 Å². The number of sulfone groups is 1. The SMILES string of the molecule is CCNC(=NCC(c1ccccc1)C(C)C)N1CCS(=O)(=O)C(C)(C)C1.I. The Morgan fingerprint density at radius 1 is 1.26 bits per heavy atom. The molecule has 0 aromatic heterocycles. The highest BCUT2D eigenvalue weighted by Gasteiger charge is 2.41. The van der Waals surface area contributed by atoms with Crippen LogP contribution in [-0.2, 0) is 9.84 Å². The molecular weight excluding hydrogens is 473 g/mol. The van der Waals surface area contributed by atoms with Gasteiger partial charge < -0.3 is 10.2 Å². The van der Waals surface area contributed by atoms with Gasteiger partial charge in [0.15, 0.2) is 15.8 Å². The Kier molecular flexibility index (Phi) is 9.05. The molecule has 1 heterocycles. The van der Waals surface area contributed by atoms with Gasteiger partial charge in [-0.15, -0.1) is 24.0 Å². The standard InChI is InChI=1S/C20H33N3O2S.HI/c1-6-21-19(23-12-13-26(24,25)20(4,5)15-23)22-14-18(16(2)3)17-10-8-7-9-11-17;/h7-11,16,18H,6,12-15H2,1-5H3,(H,21,22);1H. The van der Waals surface area contributed by atoms with Gasteiger partial charge in [-0.05, 0) is 32.3 Å². The smallest absolute Gasteiger partial charge is 0.194 e. The Balaban J connectivity index is 0.00000364. The van der Waals surface area contributed by atoms with Gasteiger partial charge in [0.2, 0.25) is 0 Å². The summed E-state index contributed by atoms with van der Waals surface area (Å²) < 4.78 is 23.8. The number of nitrogens with zero attached hydrogens (tertiary/aromatic N) is 2. The van der Waals surface area contributed by atoms with Crippen molar-refractivity contribution in [2.75, 3.05) is 31.9 Å². The zero-order chi connectivity index (χ0) is 19.4. The van der Waals surface area contributed by atoms with Crippen LogP contribution < -0.4 is 5.32 Å². The van der Waals surface area contributed by atoms with Gasteiger partial charge in [-0.3, -0.25) is 4.99 Å². The Hall–Kier alpha value is -0.830. The monoisotopic (exact) mass is 507 g/mol. The molecule has 1 N–H and O–H groups in total. The van der Waals surface area contributed by atoms with Crippen LogP contribution in [0.15, 0.2) is 35.3 Å². The fourth-order valence-corrected chi connectivity index (χ4v) is 4.70. The second-order valence-electron chi connectivity index (χ2n) is 7.96. The summed E-state index contributed by atoms with van der Waals surface area (Å²) in [5, 5.41) is 3.34. The molecule has 1 unspecified atom stereocenters. The molecule has 0 aliphatic carbocycles. The first kappa shape index (κ1) is 24.2. The summed E-state index contributed by atoms with van der Waals surface area (Å²) in [4.78, 5) is 6.98. The number of guanidine groups is 1. The van der Waals surface area contributed by atoms with Crippen molar-refractivity contribution in [3.63, 3.8) is 0 Å². The third kappa shape index (κ3) is 6.07. The average Bonchev–Trinajstić information content (AvgIpc) is 2.57. The highest BCUT2D eigenvalue weighted by molar-refractivity contribution is 14.0. The largest absolute Gasteiger partial charge is 0.357 e. The second kappa shape index (κ2) is 10.1. The molecule has 1 atom stereocenters. The Morgan fingerprint density at radius 3 is 2.41 bits per heavy atom. The predicted molar refractivity (Wildman–Crippen MR) is 125 cm³/mol. The fraction of sp³-hybridized carbons (Fsp3) is 0.650. The van der Waals surface area contributed by atoms with Gasteiger partial charge in [-0.25, -0.2) is 8.42 Å². The van der Waals surface area contributed by atoms with Crippen LogP contribution in [0, 0.1) is 5.92 Å². The van der Waals surface area contributed by atoms with Gasteiger partial charge in [0.25, 0.3) is 0 Å². The summed E-state index contributed by atoms with van der Waals surface area (Å²) in [6, 6.07) is 10.5. The van der Waals surface area contributed by atoms with Gasteiger partial charge in [0.05, 0.1) is 10.5 Å². The Morgan fingerprint density at radius 2 is 1.89 bits per heavy atom. The molecule has 0 bridgehead atoms. The molecule has 1 aromatic rings. The second-order valence-corrected chi connectivity index (χ2v) is 10.7. The van der Waals surface area contributed by atoms with Crippen LogP contribution in [0.1, 0.15) is 46.1 Å². The fourth-order valence-electron chi connectivity index (χ4n) is 3.34. The van der Waals surface area contributed by atoms with Gasteiger partial charge in [-0.1, -0.05) is 44.2 Å². The lowest BCUT2D eigenvalue weighted by molar-refractivity contribution is 0.352. The van der Waals surface area contributed by atoms with Crippen molar-refractivity contribution in [2.24, 2.45) is 10.9 Å². The van der Waals surface area contributed by atoms with E-state index in [1.165, 1.54) is 5.56 Å². The highest BCUT2D eigenvalue weighted by atomic mass is 127. The quantitative estimate of drug-likeness (QED) is 0.377. The number of benzene rings is 1. The van der Waals surface area contributed by atoms with E-state index in [4.69, 9.17) is 4.99 Å². The van der Waals surface area contributed by atoms with Crippen LogP contribution in [0.4, 0.5) is 0 Å². The van der Waals surface area contributed by atoms with Crippen LogP contribution in [-0.4, -0.2) is 56.0 Å². The minimum atomic E-state index is -3.05. The molecule has 1 aliphatic rings. The number of rotatable bonds is 5. The first-order chi connectivity index (χ1) is 12.2. The summed E-state index contributed by atoms with van der Waals surface area (Å²) in [5.41, 5.74) is 1.30. The lowest BCUT2D eigenvalue weighted by Gasteiger charge is -2.39. The highest BCUT2D eigenvalue weighted by Crippen LogP contribution is 2.26. The molecule has 27 heavy (non-hydrogen) atoms. The molecule has 5 nitrogen and oxygen atoms in total. The number of nitrogens with one attached hydrogen (secondary N) is 1. The van der Waals surface area contributed by atoms with Crippen molar-refractivity contribution in [2.45, 2.75) is 45.3 Å². The van der Waals surface area contributed by atoms with Crippen molar-refractivity contribution in [1.29, 1.82) is 0 Å². The van der Waals surface area contributed by atoms with Crippen LogP contribution >= 0.6 is 24.0 Å². The minimum Gasteiger partial charge on any atom is -0.357 e. The Labute approximate surface area is 182 Å². The van der Waals surface area contributed by atoms with E-state index in [1.54, 1.807) is 13.8 Å². The van der Waals surface area contributed by atoms with Gasteiger partial charge in [-0.2, -0.15) is 0 Å². The van der Waals surface area contributed by atoms with Gasteiger partial charge in [0, 0.05) is 32.1 Å². The maximum Gasteiger partial charge on any atom is 0.194 e. The average molecular weight is 507 g/mol. The van der Waals surface area contributed by atoms with Crippen molar-refractivity contribution in [3.8, 4) is 0 Å². The number of aliphatic imine (C=N–C) groups is 1. The van der Waals surface area contributed by atoms with E-state index in [-0.39, 0.29) is 29.7 Å². The molecule has 1 fully saturated rings. The molecule has 0 amide bonds. The molecule has 1 saturated heterocycles. The van der Waals surface area contributed by atoms with Crippen molar-refractivity contribution in [3.05, 3.63) is 35.9 Å². The third-order valence-electron chi connectivity index (χ3n) is 5.15. The molecule has 0 radical (unpaired) electrons. The molecule has 0 saturated carbocycles. The van der Waals surface area contributed by atoms with E-state index in [1.807, 2.05) is 13.0 Å². The van der Waals surface area contributed by atoms with Crippen LogP contribution in [0.3, 0.4) is 0 Å². The zero-order valence-electron chi connectivity index (χ0n) is 17.1. The molecule has 154 valence electrons. The molecule has 1 aromatic carbocycles. The van der Waals surface area contributed by atoms with E-state index in [0.29, 0.717) is 31.5 Å². The van der Waals surface area contributed by atoms with E-state index >= 15 is 0 Å². The summed E-state index contributed by atoms with van der Waals surface area (Å²) in [5.74, 6) is 1.81. The molecule has 1 aliphatic heterocycles. The summed E-state index contributed by atoms with van der Waals surface area (Å²) in [6.07, 6.45) is 0. The van der Waals surface area contributed by atoms with Crippen LogP contribution in [0.2, 0.25) is 0 Å². The maximum absolute atomic E-state index is 12.3. The number of halogens is 1. The zero-order valence-corrected chi connectivity index (χ0v) is 20.3. The predicted octanol–water partition coefficient (Wildman–Crippen LogP) is 3.52. The summed E-state index contributed by atoms with van der Waals surface area (Å²) in [6.45, 7) is 12.5. The van der Waals surface area contributed by atoms with E-state index in [0.717, 1.165) is 12.5 Å². The van der Waals surface area contributed by atoms with Crippen LogP contribution in [0.25, 0.3) is 0 Å². The molecule has 2 rings (SSSR count). The number of hydrogen-bond acceptors (Lipinski definition) is 3. The third-order valence-corrected chi connectivity index (χ3v) is 7.68. The van der Waals surface area contributed by atoms with Gasteiger partial charge in [0.1, 0.15) is 0 Å². The normalized spacial score (nSPS) is 20.1. The van der Waals surface area contributed by atoms with Gasteiger partial charge >= 0.3 is 0 Å². The van der Waals surface area contributed by atoms with E-state index in [2.05, 4.69) is 48.3 Å². The summed E-state index contributed by atoms with van der Waals surface area (Å²) >= 11 is 0. The van der Waals surface area contributed by atoms with E-state index in [9.17, 15) is 8.42 Å².